The smallest absolute Gasteiger partial charge is 0.220 e. The molecule has 1 aromatic rings. The van der Waals surface area contributed by atoms with E-state index < -0.39 is 0 Å². The molecule has 2 rings (SSSR count). The van der Waals surface area contributed by atoms with E-state index in [1.807, 2.05) is 12.4 Å². The molecular weight excluding hydrogens is 178 g/mol. The Labute approximate surface area is 83.1 Å². The quantitative estimate of drug-likeness (QED) is 0.650. The summed E-state index contributed by atoms with van der Waals surface area (Å²) in [5, 5.41) is 6.26. The third-order valence-electron chi connectivity index (χ3n) is 2.52. The second kappa shape index (κ2) is 4.28. The first kappa shape index (κ1) is 9.27. The summed E-state index contributed by atoms with van der Waals surface area (Å²) >= 11 is 0. The molecule has 2 heterocycles. The molecule has 1 aliphatic rings. The van der Waals surface area contributed by atoms with Crippen LogP contribution in [0.1, 0.15) is 18.4 Å². The van der Waals surface area contributed by atoms with Gasteiger partial charge in [0, 0.05) is 37.9 Å². The molecule has 1 aromatic heterocycles. The van der Waals surface area contributed by atoms with Gasteiger partial charge in [-0.05, 0) is 18.1 Å². The Hall–Kier alpha value is -1.29. The topological polar surface area (TPSA) is 56.9 Å². The van der Waals surface area contributed by atoms with E-state index in [1.165, 1.54) is 5.56 Å². The number of aromatic nitrogens is 1. The number of hydrogen-bond donors (Lipinski definition) is 3. The lowest BCUT2D eigenvalue weighted by molar-refractivity contribution is -0.122. The van der Waals surface area contributed by atoms with Gasteiger partial charge in [0.2, 0.25) is 5.91 Å². The van der Waals surface area contributed by atoms with E-state index in [-0.39, 0.29) is 5.91 Å². The molecule has 1 amide bonds. The molecule has 1 aliphatic heterocycles. The minimum Gasteiger partial charge on any atom is -0.367 e. The lowest BCUT2D eigenvalue weighted by Gasteiger charge is -2.23. The maximum atomic E-state index is 10.9. The number of rotatable bonds is 3. The first-order valence-electron chi connectivity index (χ1n) is 4.96. The van der Waals surface area contributed by atoms with Crippen LogP contribution in [0, 0.1) is 0 Å². The zero-order valence-corrected chi connectivity index (χ0v) is 8.05. The zero-order valence-electron chi connectivity index (χ0n) is 8.05. The van der Waals surface area contributed by atoms with Gasteiger partial charge in [0.15, 0.2) is 0 Å². The van der Waals surface area contributed by atoms with Crippen LogP contribution < -0.4 is 10.6 Å². The first-order valence-corrected chi connectivity index (χ1v) is 4.96. The minimum absolute atomic E-state index is 0.171. The summed E-state index contributed by atoms with van der Waals surface area (Å²) in [6.07, 6.45) is 5.48. The molecule has 0 radical (unpaired) electrons. The van der Waals surface area contributed by atoms with Crippen LogP contribution in [-0.4, -0.2) is 23.5 Å². The van der Waals surface area contributed by atoms with Gasteiger partial charge in [-0.25, -0.2) is 0 Å². The molecule has 0 aliphatic carbocycles. The van der Waals surface area contributed by atoms with Crippen LogP contribution in [0.25, 0.3) is 0 Å². The molecule has 0 saturated carbocycles. The van der Waals surface area contributed by atoms with Crippen molar-refractivity contribution >= 4 is 5.91 Å². The highest BCUT2D eigenvalue weighted by Crippen LogP contribution is 2.04. The summed E-state index contributed by atoms with van der Waals surface area (Å²) in [5.74, 6) is 0.171. The fourth-order valence-corrected chi connectivity index (χ4v) is 1.64. The lowest BCUT2D eigenvalue weighted by atomic mass is 10.1. The Balaban J connectivity index is 1.73. The van der Waals surface area contributed by atoms with Crippen molar-refractivity contribution in [2.24, 2.45) is 0 Å². The fourth-order valence-electron chi connectivity index (χ4n) is 1.64. The van der Waals surface area contributed by atoms with Crippen molar-refractivity contribution in [2.75, 3.05) is 6.54 Å². The highest BCUT2D eigenvalue weighted by molar-refractivity contribution is 5.76. The highest BCUT2D eigenvalue weighted by atomic mass is 16.1. The number of carbonyl (C=O) groups is 1. The van der Waals surface area contributed by atoms with Crippen LogP contribution in [-0.2, 0) is 11.3 Å². The molecule has 1 saturated heterocycles. The normalized spacial score (nSPS) is 22.0. The molecule has 76 valence electrons. The second-order valence-corrected chi connectivity index (χ2v) is 3.64. The van der Waals surface area contributed by atoms with Crippen molar-refractivity contribution in [3.8, 4) is 0 Å². The molecule has 4 nitrogen and oxygen atoms in total. The molecule has 14 heavy (non-hydrogen) atoms. The summed E-state index contributed by atoms with van der Waals surface area (Å²) in [6, 6.07) is 2.47. The van der Waals surface area contributed by atoms with Gasteiger partial charge in [0.1, 0.15) is 0 Å². The number of nitrogens with one attached hydrogen (secondary N) is 3. The number of carbonyl (C=O) groups excluding carboxylic acids is 1. The van der Waals surface area contributed by atoms with E-state index in [2.05, 4.69) is 21.7 Å². The predicted molar refractivity (Wildman–Crippen MR) is 53.7 cm³/mol. The Morgan fingerprint density at radius 3 is 3.14 bits per heavy atom. The van der Waals surface area contributed by atoms with E-state index in [1.54, 1.807) is 0 Å². The van der Waals surface area contributed by atoms with Crippen LogP contribution in [0.2, 0.25) is 0 Å². The number of piperidine rings is 1. The van der Waals surface area contributed by atoms with Gasteiger partial charge < -0.3 is 15.6 Å². The maximum absolute atomic E-state index is 10.9. The average molecular weight is 193 g/mol. The van der Waals surface area contributed by atoms with Crippen LogP contribution in [0.3, 0.4) is 0 Å². The van der Waals surface area contributed by atoms with Crippen molar-refractivity contribution in [3.63, 3.8) is 0 Å². The molecule has 1 fully saturated rings. The van der Waals surface area contributed by atoms with E-state index >= 15 is 0 Å². The first-order chi connectivity index (χ1) is 6.84. The molecule has 1 unspecified atom stereocenters. The van der Waals surface area contributed by atoms with Gasteiger partial charge >= 0.3 is 0 Å². The summed E-state index contributed by atoms with van der Waals surface area (Å²) in [5.41, 5.74) is 1.25. The SMILES string of the molecule is O=C1CCC(NCc2cc[nH]c2)CN1. The van der Waals surface area contributed by atoms with Crippen molar-refractivity contribution in [2.45, 2.75) is 25.4 Å². The lowest BCUT2D eigenvalue weighted by Crippen LogP contribution is -2.45. The van der Waals surface area contributed by atoms with Gasteiger partial charge in [-0.15, -0.1) is 0 Å². The molecule has 4 heteroatoms. The van der Waals surface area contributed by atoms with Crippen molar-refractivity contribution in [1.82, 2.24) is 15.6 Å². The van der Waals surface area contributed by atoms with E-state index in [4.69, 9.17) is 0 Å². The van der Waals surface area contributed by atoms with Crippen molar-refractivity contribution < 1.29 is 4.79 Å². The molecule has 3 N–H and O–H groups in total. The largest absolute Gasteiger partial charge is 0.367 e. The summed E-state index contributed by atoms with van der Waals surface area (Å²) in [7, 11) is 0. The highest BCUT2D eigenvalue weighted by Gasteiger charge is 2.16. The number of amides is 1. The standard InChI is InChI=1S/C10H15N3O/c14-10-2-1-9(7-13-10)12-6-8-3-4-11-5-8/h3-5,9,11-12H,1-2,6-7H2,(H,13,14). The van der Waals surface area contributed by atoms with Crippen LogP contribution in [0.15, 0.2) is 18.5 Å². The zero-order chi connectivity index (χ0) is 9.80. The maximum Gasteiger partial charge on any atom is 0.220 e. The van der Waals surface area contributed by atoms with Crippen LogP contribution >= 0.6 is 0 Å². The Morgan fingerprint density at radius 1 is 1.57 bits per heavy atom. The predicted octanol–water partition coefficient (Wildman–Crippen LogP) is 0.383. The summed E-state index contributed by atoms with van der Waals surface area (Å²) < 4.78 is 0. The van der Waals surface area contributed by atoms with Gasteiger partial charge in [0.25, 0.3) is 0 Å². The van der Waals surface area contributed by atoms with Gasteiger partial charge in [0.05, 0.1) is 0 Å². The summed E-state index contributed by atoms with van der Waals surface area (Å²) in [6.45, 7) is 1.62. The molecule has 0 bridgehead atoms. The van der Waals surface area contributed by atoms with E-state index in [0.29, 0.717) is 12.5 Å². The Kier molecular flexibility index (Phi) is 2.84. The third kappa shape index (κ3) is 2.35. The minimum atomic E-state index is 0.171. The Morgan fingerprint density at radius 2 is 2.50 bits per heavy atom. The molecular formula is C10H15N3O. The van der Waals surface area contributed by atoms with Gasteiger partial charge in [-0.2, -0.15) is 0 Å². The van der Waals surface area contributed by atoms with Crippen molar-refractivity contribution in [3.05, 3.63) is 24.0 Å². The second-order valence-electron chi connectivity index (χ2n) is 3.64. The number of H-pyrrole nitrogens is 1. The van der Waals surface area contributed by atoms with Crippen molar-refractivity contribution in [1.29, 1.82) is 0 Å². The summed E-state index contributed by atoms with van der Waals surface area (Å²) in [4.78, 5) is 13.9. The van der Waals surface area contributed by atoms with E-state index in [9.17, 15) is 4.79 Å². The molecule has 0 spiro atoms. The molecule has 1 atom stereocenters. The number of aromatic amines is 1. The average Bonchev–Trinajstić information content (AvgIpc) is 2.70. The van der Waals surface area contributed by atoms with E-state index in [0.717, 1.165) is 19.5 Å². The number of hydrogen-bond acceptors (Lipinski definition) is 2. The van der Waals surface area contributed by atoms with Crippen LogP contribution in [0.5, 0.6) is 0 Å². The van der Waals surface area contributed by atoms with Gasteiger partial charge in [-0.1, -0.05) is 0 Å². The monoisotopic (exact) mass is 193 g/mol. The Bertz CT molecular complexity index is 284. The third-order valence-corrected chi connectivity index (χ3v) is 2.52. The van der Waals surface area contributed by atoms with Crippen LogP contribution in [0.4, 0.5) is 0 Å². The molecule has 0 aromatic carbocycles. The fraction of sp³-hybridized carbons (Fsp3) is 0.500. The van der Waals surface area contributed by atoms with Gasteiger partial charge in [-0.3, -0.25) is 4.79 Å².